The lowest BCUT2D eigenvalue weighted by molar-refractivity contribution is 0.310. The Bertz CT molecular complexity index is 847. The van der Waals surface area contributed by atoms with Gasteiger partial charge in [-0.1, -0.05) is 6.07 Å². The van der Waals surface area contributed by atoms with Gasteiger partial charge in [-0.15, -0.1) is 11.3 Å². The lowest BCUT2D eigenvalue weighted by atomic mass is 10.1. The number of nitrogens with one attached hydrogen (secondary N) is 1. The first kappa shape index (κ1) is 16.5. The van der Waals surface area contributed by atoms with Crippen molar-refractivity contribution in [3.05, 3.63) is 41.0 Å². The number of anilines is 1. The lowest BCUT2D eigenvalue weighted by Crippen LogP contribution is -2.09. The zero-order valence-corrected chi connectivity index (χ0v) is 15.1. The van der Waals surface area contributed by atoms with Gasteiger partial charge in [-0.3, -0.25) is 0 Å². The fourth-order valence-electron chi connectivity index (χ4n) is 2.61. The molecule has 0 saturated carbocycles. The van der Waals surface area contributed by atoms with Crippen molar-refractivity contribution < 1.29 is 9.47 Å². The first-order valence-corrected chi connectivity index (χ1v) is 8.72. The van der Waals surface area contributed by atoms with Crippen molar-refractivity contribution in [1.29, 1.82) is 0 Å². The summed E-state index contributed by atoms with van der Waals surface area (Å²) in [6.07, 6.45) is 1.60. The van der Waals surface area contributed by atoms with Crippen molar-refractivity contribution in [2.75, 3.05) is 19.0 Å². The molecule has 0 amide bonds. The molecule has 0 aliphatic heterocycles. The summed E-state index contributed by atoms with van der Waals surface area (Å²) in [5.74, 6) is 2.35. The van der Waals surface area contributed by atoms with Crippen LogP contribution in [-0.2, 0) is 0 Å². The Labute approximate surface area is 145 Å². The Morgan fingerprint density at radius 3 is 2.79 bits per heavy atom. The van der Waals surface area contributed by atoms with Gasteiger partial charge in [-0.2, -0.15) is 0 Å². The number of ether oxygens (including phenoxy) is 2. The average Bonchev–Trinajstić information content (AvgIpc) is 2.96. The quantitative estimate of drug-likeness (QED) is 0.710. The summed E-state index contributed by atoms with van der Waals surface area (Å²) < 4.78 is 11.0. The summed E-state index contributed by atoms with van der Waals surface area (Å²) in [7, 11) is 1.65. The van der Waals surface area contributed by atoms with Gasteiger partial charge in [-0.25, -0.2) is 9.97 Å². The number of hydrogen-bond donors (Lipinski definition) is 1. The molecule has 3 aromatic rings. The van der Waals surface area contributed by atoms with E-state index in [0.717, 1.165) is 33.1 Å². The summed E-state index contributed by atoms with van der Waals surface area (Å²) >= 11 is 1.68. The zero-order valence-electron chi connectivity index (χ0n) is 14.3. The molecular weight excluding hydrogens is 322 g/mol. The van der Waals surface area contributed by atoms with Crippen LogP contribution in [0.2, 0.25) is 0 Å². The van der Waals surface area contributed by atoms with Gasteiger partial charge in [0.05, 0.1) is 25.1 Å². The highest BCUT2D eigenvalue weighted by Gasteiger charge is 2.13. The molecule has 126 valence electrons. The Hall–Kier alpha value is -2.34. The van der Waals surface area contributed by atoms with E-state index in [1.807, 2.05) is 25.1 Å². The van der Waals surface area contributed by atoms with Crippen LogP contribution in [0.25, 0.3) is 10.2 Å². The molecule has 0 spiro atoms. The van der Waals surface area contributed by atoms with Crippen molar-refractivity contribution in [3.63, 3.8) is 0 Å². The third kappa shape index (κ3) is 3.28. The molecule has 5 nitrogen and oxygen atoms in total. The highest BCUT2D eigenvalue weighted by Crippen LogP contribution is 2.33. The van der Waals surface area contributed by atoms with E-state index >= 15 is 0 Å². The molecule has 2 aromatic heterocycles. The van der Waals surface area contributed by atoms with Gasteiger partial charge < -0.3 is 14.8 Å². The standard InChI is InChI=1S/C18H21N3O2S/c1-5-23-15-7-6-13(9-16(15)22-4)12(3)21-17-14-8-11(2)24-18(14)20-10-19-17/h6-10,12H,5H2,1-4H3,(H,19,20,21). The van der Waals surface area contributed by atoms with Crippen LogP contribution >= 0.6 is 11.3 Å². The molecule has 1 aromatic carbocycles. The van der Waals surface area contributed by atoms with Crippen LogP contribution in [-0.4, -0.2) is 23.7 Å². The molecule has 1 atom stereocenters. The first-order chi connectivity index (χ1) is 11.6. The second-order valence-corrected chi connectivity index (χ2v) is 6.74. The van der Waals surface area contributed by atoms with E-state index in [-0.39, 0.29) is 6.04 Å². The molecule has 2 heterocycles. The summed E-state index contributed by atoms with van der Waals surface area (Å²) in [4.78, 5) is 11.0. The normalized spacial score (nSPS) is 12.2. The predicted molar refractivity (Wildman–Crippen MR) is 98.4 cm³/mol. The highest BCUT2D eigenvalue weighted by atomic mass is 32.1. The maximum Gasteiger partial charge on any atom is 0.161 e. The maximum absolute atomic E-state index is 5.58. The van der Waals surface area contributed by atoms with Crippen molar-refractivity contribution >= 4 is 27.4 Å². The van der Waals surface area contributed by atoms with E-state index in [0.29, 0.717) is 6.61 Å². The Morgan fingerprint density at radius 1 is 1.21 bits per heavy atom. The number of fused-ring (bicyclic) bond motifs is 1. The summed E-state index contributed by atoms with van der Waals surface area (Å²) in [6, 6.07) is 8.18. The van der Waals surface area contributed by atoms with E-state index in [1.165, 1.54) is 4.88 Å². The smallest absolute Gasteiger partial charge is 0.161 e. The van der Waals surface area contributed by atoms with Gasteiger partial charge in [0.25, 0.3) is 0 Å². The molecule has 0 fully saturated rings. The highest BCUT2D eigenvalue weighted by molar-refractivity contribution is 7.18. The van der Waals surface area contributed by atoms with Crippen molar-refractivity contribution in [2.24, 2.45) is 0 Å². The lowest BCUT2D eigenvalue weighted by Gasteiger charge is -2.17. The van der Waals surface area contributed by atoms with Crippen LogP contribution in [0.3, 0.4) is 0 Å². The molecule has 0 aliphatic rings. The minimum atomic E-state index is 0.0767. The van der Waals surface area contributed by atoms with E-state index in [1.54, 1.807) is 24.8 Å². The van der Waals surface area contributed by atoms with Crippen molar-refractivity contribution in [1.82, 2.24) is 9.97 Å². The number of rotatable bonds is 6. The van der Waals surface area contributed by atoms with Crippen molar-refractivity contribution in [2.45, 2.75) is 26.8 Å². The monoisotopic (exact) mass is 343 g/mol. The van der Waals surface area contributed by atoms with Gasteiger partial charge in [-0.05, 0) is 44.5 Å². The van der Waals surface area contributed by atoms with Crippen LogP contribution in [0.5, 0.6) is 11.5 Å². The molecule has 24 heavy (non-hydrogen) atoms. The minimum absolute atomic E-state index is 0.0767. The van der Waals surface area contributed by atoms with Crippen LogP contribution in [0.15, 0.2) is 30.6 Å². The summed E-state index contributed by atoms with van der Waals surface area (Å²) in [5, 5.41) is 4.54. The van der Waals surface area contributed by atoms with Gasteiger partial charge in [0, 0.05) is 4.88 Å². The molecule has 0 saturated heterocycles. The molecule has 6 heteroatoms. The minimum Gasteiger partial charge on any atom is -0.493 e. The third-order valence-corrected chi connectivity index (χ3v) is 4.75. The van der Waals surface area contributed by atoms with Gasteiger partial charge in [0.1, 0.15) is 17.0 Å². The first-order valence-electron chi connectivity index (χ1n) is 7.90. The topological polar surface area (TPSA) is 56.3 Å². The second kappa shape index (κ2) is 7.05. The van der Waals surface area contributed by atoms with E-state index in [9.17, 15) is 0 Å². The Morgan fingerprint density at radius 2 is 2.04 bits per heavy atom. The van der Waals surface area contributed by atoms with E-state index in [2.05, 4.69) is 35.2 Å². The molecular formula is C18H21N3O2S. The fourth-order valence-corrected chi connectivity index (χ4v) is 3.45. The van der Waals surface area contributed by atoms with Crippen LogP contribution < -0.4 is 14.8 Å². The maximum atomic E-state index is 5.58. The SMILES string of the molecule is CCOc1ccc(C(C)Nc2ncnc3sc(C)cc23)cc1OC. The molecule has 0 aliphatic carbocycles. The Kier molecular flexibility index (Phi) is 4.85. The van der Waals surface area contributed by atoms with E-state index < -0.39 is 0 Å². The van der Waals surface area contributed by atoms with Gasteiger partial charge in [0.2, 0.25) is 0 Å². The number of hydrogen-bond acceptors (Lipinski definition) is 6. The largest absolute Gasteiger partial charge is 0.493 e. The number of methoxy groups -OCH3 is 1. The molecule has 1 unspecified atom stereocenters. The Balaban J connectivity index is 1.87. The molecule has 3 rings (SSSR count). The zero-order chi connectivity index (χ0) is 17.1. The number of nitrogens with zero attached hydrogens (tertiary/aromatic N) is 2. The average molecular weight is 343 g/mol. The van der Waals surface area contributed by atoms with Gasteiger partial charge in [0.15, 0.2) is 11.5 Å². The van der Waals surface area contributed by atoms with Crippen LogP contribution in [0.1, 0.15) is 30.3 Å². The van der Waals surface area contributed by atoms with E-state index in [4.69, 9.17) is 9.47 Å². The number of thiophene rings is 1. The molecule has 0 bridgehead atoms. The molecule has 1 N–H and O–H groups in total. The number of aromatic nitrogens is 2. The fraction of sp³-hybridized carbons (Fsp3) is 0.333. The van der Waals surface area contributed by atoms with Crippen LogP contribution in [0, 0.1) is 6.92 Å². The molecule has 0 radical (unpaired) electrons. The number of aryl methyl sites for hydroxylation is 1. The summed E-state index contributed by atoms with van der Waals surface area (Å²) in [5.41, 5.74) is 1.11. The number of benzene rings is 1. The van der Waals surface area contributed by atoms with Gasteiger partial charge >= 0.3 is 0 Å². The van der Waals surface area contributed by atoms with Crippen molar-refractivity contribution in [3.8, 4) is 11.5 Å². The summed E-state index contributed by atoms with van der Waals surface area (Å²) in [6.45, 7) is 6.75. The predicted octanol–water partition coefficient (Wildman–Crippen LogP) is 4.58. The van der Waals surface area contributed by atoms with Crippen LogP contribution in [0.4, 0.5) is 5.82 Å². The third-order valence-electron chi connectivity index (χ3n) is 3.79. The second-order valence-electron chi connectivity index (χ2n) is 5.51.